The van der Waals surface area contributed by atoms with Gasteiger partial charge in [-0.2, -0.15) is 0 Å². The average Bonchev–Trinajstić information content (AvgIpc) is 3.51. The molecule has 0 aliphatic carbocycles. The first-order valence-electron chi connectivity index (χ1n) is 12.0. The standard InChI is InChI=1S/C27H27ClN4O3/c1-27-16-21-20-15-18(28)8-9-22(20)29-23(21)24(17-6-4-7-19(33)14-17)32(27)26(35)31(25(27)34)13-5-12-30-10-2-3-11-30/h2-4,6-9,14-15,24,29,33H,5,10-13,16H2,1H3/t24-,27+/m1/s1. The largest absolute Gasteiger partial charge is 0.508 e. The summed E-state index contributed by atoms with van der Waals surface area (Å²) in [6.45, 7) is 4.90. The van der Waals surface area contributed by atoms with E-state index in [0.717, 1.165) is 53.8 Å². The molecule has 3 amide bonds. The molecule has 4 heterocycles. The maximum Gasteiger partial charge on any atom is 0.328 e. The van der Waals surface area contributed by atoms with Crippen LogP contribution in [0.4, 0.5) is 4.79 Å². The van der Waals surface area contributed by atoms with E-state index in [1.54, 1.807) is 23.1 Å². The highest BCUT2D eigenvalue weighted by molar-refractivity contribution is 6.31. The highest BCUT2D eigenvalue weighted by Crippen LogP contribution is 2.49. The summed E-state index contributed by atoms with van der Waals surface area (Å²) in [5.74, 6) is -0.0567. The van der Waals surface area contributed by atoms with Gasteiger partial charge in [0, 0.05) is 54.2 Å². The topological polar surface area (TPSA) is 79.9 Å². The zero-order valence-corrected chi connectivity index (χ0v) is 20.3. The highest BCUT2D eigenvalue weighted by atomic mass is 35.5. The normalized spacial score (nSPS) is 24.0. The fourth-order valence-electron chi connectivity index (χ4n) is 5.88. The number of halogens is 1. The molecule has 0 radical (unpaired) electrons. The maximum absolute atomic E-state index is 13.8. The molecule has 3 aromatic rings. The molecule has 35 heavy (non-hydrogen) atoms. The summed E-state index contributed by atoms with van der Waals surface area (Å²) in [6, 6.07) is 11.8. The van der Waals surface area contributed by atoms with Gasteiger partial charge in [-0.15, -0.1) is 0 Å². The molecular weight excluding hydrogens is 464 g/mol. The lowest BCUT2D eigenvalue weighted by molar-refractivity contribution is -0.133. The Morgan fingerprint density at radius 1 is 1.11 bits per heavy atom. The lowest BCUT2D eigenvalue weighted by Gasteiger charge is -2.42. The number of imide groups is 1. The Morgan fingerprint density at radius 2 is 1.91 bits per heavy atom. The predicted molar refractivity (Wildman–Crippen MR) is 135 cm³/mol. The monoisotopic (exact) mass is 490 g/mol. The van der Waals surface area contributed by atoms with E-state index in [0.29, 0.717) is 18.0 Å². The molecule has 0 saturated carbocycles. The summed E-state index contributed by atoms with van der Waals surface area (Å²) >= 11 is 6.33. The lowest BCUT2D eigenvalue weighted by Crippen LogP contribution is -2.53. The Kier molecular flexibility index (Phi) is 5.16. The summed E-state index contributed by atoms with van der Waals surface area (Å²) in [5, 5.41) is 11.8. The van der Waals surface area contributed by atoms with Gasteiger partial charge in [0.05, 0.1) is 0 Å². The van der Waals surface area contributed by atoms with E-state index in [1.165, 1.54) is 4.90 Å². The fourth-order valence-corrected chi connectivity index (χ4v) is 6.05. The number of aromatic nitrogens is 1. The Hall–Kier alpha value is -3.29. The number of phenolic OH excluding ortho intramolecular Hbond substituents is 1. The van der Waals surface area contributed by atoms with Gasteiger partial charge in [0.2, 0.25) is 0 Å². The number of aromatic hydroxyl groups is 1. The van der Waals surface area contributed by atoms with Crippen LogP contribution in [0.15, 0.2) is 54.6 Å². The number of urea groups is 1. The number of fused-ring (bicyclic) bond motifs is 4. The van der Waals surface area contributed by atoms with Crippen molar-refractivity contribution in [3.8, 4) is 5.75 Å². The number of carbonyl (C=O) groups is 2. The Labute approximate surface area is 208 Å². The molecule has 3 aliphatic heterocycles. The number of rotatable bonds is 5. The molecular formula is C27H27ClN4O3. The first kappa shape index (κ1) is 22.2. The van der Waals surface area contributed by atoms with E-state index < -0.39 is 11.6 Å². The van der Waals surface area contributed by atoms with E-state index in [4.69, 9.17) is 11.6 Å². The Bertz CT molecular complexity index is 1370. The summed E-state index contributed by atoms with van der Waals surface area (Å²) in [6.07, 6.45) is 5.40. The van der Waals surface area contributed by atoms with Gasteiger partial charge in [0.15, 0.2) is 0 Å². The van der Waals surface area contributed by atoms with Gasteiger partial charge in [-0.1, -0.05) is 35.9 Å². The van der Waals surface area contributed by atoms with Crippen LogP contribution in [0.25, 0.3) is 10.9 Å². The zero-order chi connectivity index (χ0) is 24.3. The summed E-state index contributed by atoms with van der Waals surface area (Å²) in [5.41, 5.74) is 2.47. The van der Waals surface area contributed by atoms with E-state index in [-0.39, 0.29) is 17.7 Å². The van der Waals surface area contributed by atoms with Crippen LogP contribution < -0.4 is 0 Å². The van der Waals surface area contributed by atoms with Crippen LogP contribution in [-0.4, -0.2) is 68.4 Å². The number of phenols is 1. The van der Waals surface area contributed by atoms with Crippen molar-refractivity contribution in [1.29, 1.82) is 0 Å². The minimum Gasteiger partial charge on any atom is -0.508 e. The number of benzene rings is 2. The van der Waals surface area contributed by atoms with Gasteiger partial charge in [0.25, 0.3) is 5.91 Å². The van der Waals surface area contributed by atoms with Gasteiger partial charge in [-0.25, -0.2) is 4.79 Å². The molecule has 3 aliphatic rings. The first-order valence-corrected chi connectivity index (χ1v) is 12.4. The summed E-state index contributed by atoms with van der Waals surface area (Å²) < 4.78 is 0. The van der Waals surface area contributed by atoms with E-state index in [1.807, 2.05) is 31.2 Å². The van der Waals surface area contributed by atoms with Crippen molar-refractivity contribution in [3.63, 3.8) is 0 Å². The number of nitrogens with one attached hydrogen (secondary N) is 1. The Morgan fingerprint density at radius 3 is 2.69 bits per heavy atom. The van der Waals surface area contributed by atoms with Crippen LogP contribution in [0.1, 0.15) is 36.2 Å². The smallest absolute Gasteiger partial charge is 0.328 e. The van der Waals surface area contributed by atoms with Crippen LogP contribution in [0.2, 0.25) is 5.02 Å². The van der Waals surface area contributed by atoms with E-state index in [9.17, 15) is 14.7 Å². The molecule has 180 valence electrons. The number of hydrogen-bond donors (Lipinski definition) is 2. The summed E-state index contributed by atoms with van der Waals surface area (Å²) in [7, 11) is 0. The van der Waals surface area contributed by atoms with Gasteiger partial charge >= 0.3 is 6.03 Å². The molecule has 2 atom stereocenters. The molecule has 2 aromatic carbocycles. The maximum atomic E-state index is 13.8. The second-order valence-corrected chi connectivity index (χ2v) is 10.3. The van der Waals surface area contributed by atoms with Crippen LogP contribution in [0.5, 0.6) is 5.75 Å². The Balaban J connectivity index is 1.42. The SMILES string of the molecule is C[C@@]12Cc3c([nH]c4ccc(Cl)cc34)[C@@H](c3cccc(O)c3)N1C(=O)N(CCCN1CC=CC1)C2=O. The van der Waals surface area contributed by atoms with Crippen molar-refractivity contribution in [2.45, 2.75) is 31.3 Å². The van der Waals surface area contributed by atoms with Crippen molar-refractivity contribution >= 4 is 34.4 Å². The fraction of sp³-hybridized carbons (Fsp3) is 0.333. The van der Waals surface area contributed by atoms with Crippen LogP contribution in [-0.2, 0) is 11.2 Å². The molecule has 0 unspecified atom stereocenters. The number of H-pyrrole nitrogens is 1. The van der Waals surface area contributed by atoms with Crippen molar-refractivity contribution in [2.24, 2.45) is 0 Å². The molecule has 0 spiro atoms. The second-order valence-electron chi connectivity index (χ2n) is 9.85. The number of carbonyl (C=O) groups excluding carboxylic acids is 2. The third kappa shape index (κ3) is 3.45. The number of hydrogen-bond acceptors (Lipinski definition) is 4. The quantitative estimate of drug-likeness (QED) is 0.409. The second kappa shape index (κ2) is 8.14. The highest BCUT2D eigenvalue weighted by Gasteiger charge is 2.60. The van der Waals surface area contributed by atoms with E-state index in [2.05, 4.69) is 22.0 Å². The van der Waals surface area contributed by atoms with Crippen LogP contribution in [0, 0.1) is 0 Å². The number of amides is 3. The van der Waals surface area contributed by atoms with Crippen molar-refractivity contribution in [3.05, 3.63) is 76.5 Å². The molecule has 8 heteroatoms. The molecule has 1 aromatic heterocycles. The minimum atomic E-state index is -1.03. The van der Waals surface area contributed by atoms with Crippen molar-refractivity contribution < 1.29 is 14.7 Å². The summed E-state index contributed by atoms with van der Waals surface area (Å²) in [4.78, 5) is 36.6. The predicted octanol–water partition coefficient (Wildman–Crippen LogP) is 4.46. The molecule has 1 fully saturated rings. The van der Waals surface area contributed by atoms with Gasteiger partial charge in [-0.05, 0) is 54.8 Å². The van der Waals surface area contributed by atoms with Crippen molar-refractivity contribution in [1.82, 2.24) is 19.7 Å². The molecule has 2 N–H and O–H groups in total. The average molecular weight is 491 g/mol. The van der Waals surface area contributed by atoms with Gasteiger partial charge in [-0.3, -0.25) is 19.5 Å². The molecule has 6 rings (SSSR count). The van der Waals surface area contributed by atoms with Crippen molar-refractivity contribution in [2.75, 3.05) is 26.2 Å². The van der Waals surface area contributed by atoms with Gasteiger partial charge < -0.3 is 10.1 Å². The minimum absolute atomic E-state index is 0.115. The molecule has 0 bridgehead atoms. The lowest BCUT2D eigenvalue weighted by atomic mass is 9.81. The number of aromatic amines is 1. The molecule has 7 nitrogen and oxygen atoms in total. The third-order valence-corrected chi connectivity index (χ3v) is 7.80. The first-order chi connectivity index (χ1) is 16.9. The van der Waals surface area contributed by atoms with Crippen LogP contribution >= 0.6 is 11.6 Å². The zero-order valence-electron chi connectivity index (χ0n) is 19.5. The van der Waals surface area contributed by atoms with Crippen LogP contribution in [0.3, 0.4) is 0 Å². The number of nitrogens with zero attached hydrogens (tertiary/aromatic N) is 3. The molecule has 1 saturated heterocycles. The van der Waals surface area contributed by atoms with Gasteiger partial charge in [0.1, 0.15) is 17.3 Å². The third-order valence-electron chi connectivity index (χ3n) is 7.56. The van der Waals surface area contributed by atoms with E-state index >= 15 is 0 Å².